The van der Waals surface area contributed by atoms with Gasteiger partial charge in [0.25, 0.3) is 0 Å². The molecule has 1 rings (SSSR count). The molecule has 1 N–H and O–H groups in total. The van der Waals surface area contributed by atoms with E-state index in [1.165, 1.54) is 32.1 Å². The van der Waals surface area contributed by atoms with E-state index in [9.17, 15) is 5.11 Å². The van der Waals surface area contributed by atoms with E-state index < -0.39 is 6.10 Å². The summed E-state index contributed by atoms with van der Waals surface area (Å²) in [4.78, 5) is 0. The molecule has 0 heterocycles. The summed E-state index contributed by atoms with van der Waals surface area (Å²) in [5.74, 6) is 1.05. The van der Waals surface area contributed by atoms with Gasteiger partial charge in [0, 0.05) is 11.5 Å². The van der Waals surface area contributed by atoms with Crippen molar-refractivity contribution in [2.24, 2.45) is 5.92 Å². The van der Waals surface area contributed by atoms with Gasteiger partial charge in [0.1, 0.15) is 5.76 Å². The fraction of sp³-hybridized carbons (Fsp3) is 0.684. The predicted octanol–water partition coefficient (Wildman–Crippen LogP) is 5.40. The lowest BCUT2D eigenvalue weighted by Crippen LogP contribution is -2.23. The highest BCUT2D eigenvalue weighted by atomic mass is 16.5. The molecule has 0 aliphatic heterocycles. The summed E-state index contributed by atoms with van der Waals surface area (Å²) in [6, 6.07) is 0. The normalized spacial score (nSPS) is 21.6. The topological polar surface area (TPSA) is 29.5 Å². The van der Waals surface area contributed by atoms with Crippen molar-refractivity contribution < 1.29 is 9.84 Å². The Morgan fingerprint density at radius 2 is 1.86 bits per heavy atom. The third-order valence-electron chi connectivity index (χ3n) is 4.13. The molecule has 2 atom stereocenters. The molecule has 1 aliphatic carbocycles. The second kappa shape index (κ2) is 10.7. The molecule has 2 nitrogen and oxygen atoms in total. The first-order valence-electron chi connectivity index (χ1n) is 7.98. The summed E-state index contributed by atoms with van der Waals surface area (Å²) in [6.45, 7) is 10.9. The van der Waals surface area contributed by atoms with E-state index in [1.807, 2.05) is 19.9 Å². The molecule has 0 amide bonds. The highest BCUT2D eigenvalue weighted by molar-refractivity contribution is 5.42. The van der Waals surface area contributed by atoms with Crippen LogP contribution in [-0.4, -0.2) is 17.8 Å². The average molecular weight is 294 g/mol. The summed E-state index contributed by atoms with van der Waals surface area (Å²) in [7, 11) is 0. The smallest absolute Gasteiger partial charge is 0.125 e. The van der Waals surface area contributed by atoms with Crippen molar-refractivity contribution in [2.45, 2.75) is 72.8 Å². The maximum Gasteiger partial charge on any atom is 0.125 e. The molecule has 1 aliphatic rings. The predicted molar refractivity (Wildman–Crippen MR) is 92.2 cm³/mol. The number of hydrogen-bond acceptors (Lipinski definition) is 2. The summed E-state index contributed by atoms with van der Waals surface area (Å²) in [5.41, 5.74) is 2.06. The van der Waals surface area contributed by atoms with E-state index in [2.05, 4.69) is 13.5 Å². The summed E-state index contributed by atoms with van der Waals surface area (Å²) < 4.78 is 5.95. The molecule has 0 radical (unpaired) electrons. The van der Waals surface area contributed by atoms with Crippen LogP contribution in [0.2, 0.25) is 0 Å². The second-order valence-corrected chi connectivity index (χ2v) is 5.73. The molecular weight excluding hydrogens is 260 g/mol. The Hall–Kier alpha value is -1.02. The monoisotopic (exact) mass is 294 g/mol. The van der Waals surface area contributed by atoms with Gasteiger partial charge in [-0.25, -0.2) is 0 Å². The Balaban J connectivity index is 0.00000400. The van der Waals surface area contributed by atoms with Gasteiger partial charge in [0.05, 0.1) is 12.7 Å². The SMILES string of the molecule is C.C=CC1=CC(O)C(C)C(C)=C1OCCCCCCCC. The molecule has 0 bridgehead atoms. The number of allylic oxidation sites excluding steroid dienone is 1. The van der Waals surface area contributed by atoms with Crippen LogP contribution in [0.4, 0.5) is 0 Å². The minimum absolute atomic E-state index is 0. The van der Waals surface area contributed by atoms with E-state index in [1.54, 1.807) is 6.08 Å². The molecule has 122 valence electrons. The summed E-state index contributed by atoms with van der Waals surface area (Å²) in [5, 5.41) is 9.95. The maximum absolute atomic E-state index is 9.95. The molecule has 0 aromatic rings. The van der Waals surface area contributed by atoms with Gasteiger partial charge in [-0.2, -0.15) is 0 Å². The van der Waals surface area contributed by atoms with Crippen molar-refractivity contribution in [3.05, 3.63) is 35.6 Å². The third kappa shape index (κ3) is 6.09. The lowest BCUT2D eigenvalue weighted by Gasteiger charge is -2.27. The van der Waals surface area contributed by atoms with Crippen LogP contribution in [0.3, 0.4) is 0 Å². The van der Waals surface area contributed by atoms with Gasteiger partial charge in [-0.05, 0) is 25.0 Å². The van der Waals surface area contributed by atoms with Crippen LogP contribution >= 0.6 is 0 Å². The van der Waals surface area contributed by atoms with E-state index in [4.69, 9.17) is 4.74 Å². The molecule has 0 aromatic carbocycles. The van der Waals surface area contributed by atoms with E-state index in [0.717, 1.165) is 29.9 Å². The molecule has 0 saturated heterocycles. The Labute approximate surface area is 131 Å². The van der Waals surface area contributed by atoms with Gasteiger partial charge in [-0.3, -0.25) is 0 Å². The van der Waals surface area contributed by atoms with Crippen LogP contribution in [-0.2, 0) is 4.74 Å². The number of ether oxygens (including phenoxy) is 1. The van der Waals surface area contributed by atoms with Crippen LogP contribution in [0.25, 0.3) is 0 Å². The van der Waals surface area contributed by atoms with Crippen molar-refractivity contribution in [3.63, 3.8) is 0 Å². The molecule has 0 saturated carbocycles. The summed E-state index contributed by atoms with van der Waals surface area (Å²) >= 11 is 0. The van der Waals surface area contributed by atoms with Gasteiger partial charge in [0.2, 0.25) is 0 Å². The largest absolute Gasteiger partial charge is 0.493 e. The first kappa shape index (κ1) is 20.0. The Morgan fingerprint density at radius 1 is 1.24 bits per heavy atom. The van der Waals surface area contributed by atoms with Crippen molar-refractivity contribution in [1.82, 2.24) is 0 Å². The number of aliphatic hydroxyl groups is 1. The zero-order valence-corrected chi connectivity index (χ0v) is 13.3. The first-order valence-corrected chi connectivity index (χ1v) is 7.98. The molecular formula is C19H34O2. The van der Waals surface area contributed by atoms with Gasteiger partial charge in [-0.15, -0.1) is 0 Å². The van der Waals surface area contributed by atoms with Gasteiger partial charge < -0.3 is 9.84 Å². The Morgan fingerprint density at radius 3 is 2.48 bits per heavy atom. The second-order valence-electron chi connectivity index (χ2n) is 5.73. The third-order valence-corrected chi connectivity index (χ3v) is 4.13. The zero-order chi connectivity index (χ0) is 15.0. The van der Waals surface area contributed by atoms with Gasteiger partial charge in [-0.1, -0.05) is 66.0 Å². The number of rotatable bonds is 9. The zero-order valence-electron chi connectivity index (χ0n) is 13.3. The molecule has 2 unspecified atom stereocenters. The van der Waals surface area contributed by atoms with Crippen molar-refractivity contribution in [3.8, 4) is 0 Å². The van der Waals surface area contributed by atoms with Crippen LogP contribution in [0.5, 0.6) is 0 Å². The van der Waals surface area contributed by atoms with Crippen molar-refractivity contribution >= 4 is 0 Å². The molecule has 0 fully saturated rings. The average Bonchev–Trinajstić information content (AvgIpc) is 2.45. The minimum Gasteiger partial charge on any atom is -0.493 e. The number of aliphatic hydroxyl groups excluding tert-OH is 1. The van der Waals surface area contributed by atoms with E-state index in [-0.39, 0.29) is 13.3 Å². The fourth-order valence-electron chi connectivity index (χ4n) is 2.51. The fourth-order valence-corrected chi connectivity index (χ4v) is 2.51. The van der Waals surface area contributed by atoms with E-state index >= 15 is 0 Å². The highest BCUT2D eigenvalue weighted by Gasteiger charge is 2.24. The van der Waals surface area contributed by atoms with Crippen molar-refractivity contribution in [1.29, 1.82) is 0 Å². The van der Waals surface area contributed by atoms with Crippen molar-refractivity contribution in [2.75, 3.05) is 6.61 Å². The highest BCUT2D eigenvalue weighted by Crippen LogP contribution is 2.31. The van der Waals surface area contributed by atoms with E-state index in [0.29, 0.717) is 0 Å². The lowest BCUT2D eigenvalue weighted by molar-refractivity contribution is 0.156. The molecule has 2 heteroatoms. The maximum atomic E-state index is 9.95. The van der Waals surface area contributed by atoms with Crippen LogP contribution in [0.1, 0.15) is 66.7 Å². The quantitative estimate of drug-likeness (QED) is 0.577. The molecule has 21 heavy (non-hydrogen) atoms. The molecule has 0 spiro atoms. The van der Waals surface area contributed by atoms with Crippen LogP contribution in [0, 0.1) is 5.92 Å². The summed E-state index contributed by atoms with van der Waals surface area (Å²) in [6.07, 6.45) is 10.8. The molecule has 0 aromatic heterocycles. The minimum atomic E-state index is -0.426. The lowest BCUT2D eigenvalue weighted by atomic mass is 9.87. The van der Waals surface area contributed by atoms with Crippen LogP contribution in [0.15, 0.2) is 35.6 Å². The van der Waals surface area contributed by atoms with Gasteiger partial charge in [0.15, 0.2) is 0 Å². The first-order chi connectivity index (χ1) is 9.61. The Kier molecular flexibility index (Phi) is 10.2. The Bertz CT molecular complexity index is 366. The number of unbranched alkanes of at least 4 members (excludes halogenated alkanes) is 5. The van der Waals surface area contributed by atoms with Crippen LogP contribution < -0.4 is 0 Å². The number of hydrogen-bond donors (Lipinski definition) is 1. The standard InChI is InChI=1S/C18H30O2.CH4/c1-5-7-8-9-10-11-12-20-18-15(4)14(3)17(19)13-16(18)6-2;/h6,13-14,17,19H,2,5,7-12H2,1,3-4H3;1H4. The van der Waals surface area contributed by atoms with Gasteiger partial charge >= 0.3 is 0 Å².